The van der Waals surface area contributed by atoms with E-state index in [1.807, 2.05) is 6.92 Å². The van der Waals surface area contributed by atoms with Crippen LogP contribution in [0, 0.1) is 6.92 Å². The predicted octanol–water partition coefficient (Wildman–Crippen LogP) is 0.404. The summed E-state index contributed by atoms with van der Waals surface area (Å²) in [6.07, 6.45) is 2.37. The summed E-state index contributed by atoms with van der Waals surface area (Å²) in [6.45, 7) is 2.41. The van der Waals surface area contributed by atoms with Crippen LogP contribution in [-0.2, 0) is 7.05 Å². The van der Waals surface area contributed by atoms with Gasteiger partial charge in [0.2, 0.25) is 5.95 Å². The molecule has 1 aliphatic heterocycles. The molecule has 4 heterocycles. The van der Waals surface area contributed by atoms with Crippen molar-refractivity contribution >= 4 is 23.1 Å². The topological polar surface area (TPSA) is 111 Å². The number of alkyl halides is 1. The van der Waals surface area contributed by atoms with E-state index in [-0.39, 0.29) is 6.54 Å². The molecule has 3 aromatic heterocycles. The number of halogens is 1. The van der Waals surface area contributed by atoms with Crippen LogP contribution in [0.2, 0.25) is 0 Å². The Kier molecular flexibility index (Phi) is 3.87. The van der Waals surface area contributed by atoms with Crippen LogP contribution in [0.5, 0.6) is 5.88 Å². The first kappa shape index (κ1) is 16.5. The number of nitrogens with one attached hydrogen (secondary N) is 1. The van der Waals surface area contributed by atoms with Crippen LogP contribution in [0.4, 0.5) is 21.8 Å². The van der Waals surface area contributed by atoms with E-state index in [0.29, 0.717) is 35.5 Å². The Morgan fingerprint density at radius 1 is 1.35 bits per heavy atom. The number of fused-ring (bicyclic) bond motifs is 1. The number of nitrogens with two attached hydrogens (primary N) is 1. The van der Waals surface area contributed by atoms with Gasteiger partial charge in [0.05, 0.1) is 37.8 Å². The molecule has 138 valence electrons. The second-order valence-corrected chi connectivity index (χ2v) is 6.33. The van der Waals surface area contributed by atoms with Crippen LogP contribution < -0.4 is 20.7 Å². The molecular weight excluding hydrogens is 341 g/mol. The van der Waals surface area contributed by atoms with Gasteiger partial charge < -0.3 is 20.7 Å². The van der Waals surface area contributed by atoms with Crippen molar-refractivity contribution in [1.29, 1.82) is 0 Å². The second-order valence-electron chi connectivity index (χ2n) is 6.33. The number of hydrogen-bond acceptors (Lipinski definition) is 8. The van der Waals surface area contributed by atoms with E-state index < -0.39 is 12.2 Å². The maximum Gasteiger partial charge on any atom is 0.256 e. The van der Waals surface area contributed by atoms with E-state index in [2.05, 4.69) is 25.5 Å². The Morgan fingerprint density at radius 2 is 2.15 bits per heavy atom. The van der Waals surface area contributed by atoms with Crippen LogP contribution in [-0.4, -0.2) is 61.8 Å². The van der Waals surface area contributed by atoms with Gasteiger partial charge in [-0.25, -0.2) is 13.9 Å². The molecule has 11 heteroatoms. The van der Waals surface area contributed by atoms with E-state index >= 15 is 0 Å². The van der Waals surface area contributed by atoms with Crippen LogP contribution in [0.15, 0.2) is 12.4 Å². The number of aryl methyl sites for hydroxylation is 2. The average Bonchev–Trinajstić information content (AvgIpc) is 3.26. The first-order valence-corrected chi connectivity index (χ1v) is 8.18. The van der Waals surface area contributed by atoms with E-state index in [1.165, 1.54) is 0 Å². The molecule has 1 fully saturated rings. The zero-order chi connectivity index (χ0) is 18.4. The molecule has 4 rings (SSSR count). The smallest absolute Gasteiger partial charge is 0.256 e. The molecule has 3 N–H and O–H groups in total. The summed E-state index contributed by atoms with van der Waals surface area (Å²) < 4.78 is 22.4. The summed E-state index contributed by atoms with van der Waals surface area (Å²) in [5.41, 5.74) is 7.83. The van der Waals surface area contributed by atoms with Gasteiger partial charge in [0.1, 0.15) is 11.9 Å². The first-order valence-electron chi connectivity index (χ1n) is 8.18. The monoisotopic (exact) mass is 361 g/mol. The van der Waals surface area contributed by atoms with Gasteiger partial charge in [-0.2, -0.15) is 4.98 Å². The quantitative estimate of drug-likeness (QED) is 0.687. The highest BCUT2D eigenvalue weighted by Crippen LogP contribution is 2.28. The van der Waals surface area contributed by atoms with Crippen molar-refractivity contribution in [3.8, 4) is 5.88 Å². The second kappa shape index (κ2) is 6.09. The Morgan fingerprint density at radius 3 is 2.85 bits per heavy atom. The summed E-state index contributed by atoms with van der Waals surface area (Å²) in [4.78, 5) is 10.7. The van der Waals surface area contributed by atoms with Crippen molar-refractivity contribution in [3.05, 3.63) is 18.1 Å². The Bertz CT molecular complexity index is 942. The Hall–Kier alpha value is -2.95. The molecule has 0 amide bonds. The molecule has 3 aromatic rings. The van der Waals surface area contributed by atoms with Crippen LogP contribution in [0.1, 0.15) is 5.69 Å². The first-order chi connectivity index (χ1) is 12.5. The van der Waals surface area contributed by atoms with Gasteiger partial charge in [-0.15, -0.1) is 10.2 Å². The minimum absolute atomic E-state index is 0.163. The average molecular weight is 361 g/mol. The molecule has 0 unspecified atom stereocenters. The lowest BCUT2D eigenvalue weighted by Gasteiger charge is -2.17. The van der Waals surface area contributed by atoms with Crippen LogP contribution >= 0.6 is 0 Å². The molecule has 26 heavy (non-hydrogen) atoms. The maximum atomic E-state index is 13.9. The zero-order valence-electron chi connectivity index (χ0n) is 14.7. The SMILES string of the molecule is COc1nn(C)cc1Nc1nc(N2C[C@@H](N)[C@H](F)C2)nn2c(C)cnc12. The highest BCUT2D eigenvalue weighted by molar-refractivity contribution is 5.72. The van der Waals surface area contributed by atoms with Crippen molar-refractivity contribution in [3.63, 3.8) is 0 Å². The van der Waals surface area contributed by atoms with Crippen LogP contribution in [0.3, 0.4) is 0 Å². The number of hydrogen-bond donors (Lipinski definition) is 2. The molecule has 2 atom stereocenters. The van der Waals surface area contributed by atoms with Crippen LogP contribution in [0.25, 0.3) is 5.65 Å². The minimum Gasteiger partial charge on any atom is -0.478 e. The molecule has 1 aliphatic rings. The summed E-state index contributed by atoms with van der Waals surface area (Å²) in [5, 5.41) is 11.9. The number of aromatic nitrogens is 6. The summed E-state index contributed by atoms with van der Waals surface area (Å²) in [5.74, 6) is 1.30. The highest BCUT2D eigenvalue weighted by Gasteiger charge is 2.32. The largest absolute Gasteiger partial charge is 0.478 e. The van der Waals surface area contributed by atoms with Gasteiger partial charge in [0, 0.05) is 13.6 Å². The molecule has 0 spiro atoms. The summed E-state index contributed by atoms with van der Waals surface area (Å²) in [6, 6.07) is -0.548. The van der Waals surface area contributed by atoms with Gasteiger partial charge in [0.15, 0.2) is 11.5 Å². The fourth-order valence-electron chi connectivity index (χ4n) is 2.98. The zero-order valence-corrected chi connectivity index (χ0v) is 14.7. The maximum absolute atomic E-state index is 13.9. The molecule has 0 aliphatic carbocycles. The number of ether oxygens (including phenoxy) is 1. The fraction of sp³-hybridized carbons (Fsp3) is 0.467. The highest BCUT2D eigenvalue weighted by atomic mass is 19.1. The number of anilines is 3. The molecule has 0 bridgehead atoms. The third-order valence-electron chi connectivity index (χ3n) is 4.34. The van der Waals surface area contributed by atoms with Crippen molar-refractivity contribution in [2.75, 3.05) is 30.4 Å². The number of methoxy groups -OCH3 is 1. The lowest BCUT2D eigenvalue weighted by Crippen LogP contribution is -2.30. The van der Waals surface area contributed by atoms with E-state index in [0.717, 1.165) is 5.69 Å². The molecule has 0 aromatic carbocycles. The van der Waals surface area contributed by atoms with Gasteiger partial charge in [-0.3, -0.25) is 4.68 Å². The third-order valence-corrected chi connectivity index (χ3v) is 4.34. The third kappa shape index (κ3) is 2.69. The van der Waals surface area contributed by atoms with Crippen molar-refractivity contribution in [1.82, 2.24) is 29.4 Å². The lowest BCUT2D eigenvalue weighted by molar-refractivity contribution is 0.333. The van der Waals surface area contributed by atoms with Crippen molar-refractivity contribution in [2.45, 2.75) is 19.1 Å². The van der Waals surface area contributed by atoms with Gasteiger partial charge in [-0.05, 0) is 6.92 Å². The number of nitrogens with zero attached hydrogens (tertiary/aromatic N) is 7. The van der Waals surface area contributed by atoms with E-state index in [9.17, 15) is 4.39 Å². The van der Waals surface area contributed by atoms with Gasteiger partial charge in [0.25, 0.3) is 5.88 Å². The number of rotatable bonds is 4. The summed E-state index contributed by atoms with van der Waals surface area (Å²) in [7, 11) is 3.34. The molecule has 0 saturated carbocycles. The number of imidazole rings is 1. The van der Waals surface area contributed by atoms with Gasteiger partial charge in [-0.1, -0.05) is 0 Å². The van der Waals surface area contributed by atoms with Crippen molar-refractivity contribution in [2.24, 2.45) is 12.8 Å². The standard InChI is InChI=1S/C15H20FN9O/c1-8-4-18-13-12(19-11-7-23(2)21-14(11)26-3)20-15(22-25(8)13)24-5-9(16)10(17)6-24/h4,7,9-10H,5-6,17H2,1-3H3,(H,19,20,22)/t9-,10-/m1/s1. The lowest BCUT2D eigenvalue weighted by atomic mass is 10.3. The van der Waals surface area contributed by atoms with Crippen molar-refractivity contribution < 1.29 is 9.13 Å². The molecule has 0 radical (unpaired) electrons. The predicted molar refractivity (Wildman–Crippen MR) is 93.6 cm³/mol. The molecule has 10 nitrogen and oxygen atoms in total. The summed E-state index contributed by atoms with van der Waals surface area (Å²) >= 11 is 0. The van der Waals surface area contributed by atoms with Gasteiger partial charge >= 0.3 is 0 Å². The fourth-order valence-corrected chi connectivity index (χ4v) is 2.98. The minimum atomic E-state index is -1.10. The Labute approximate surface area is 148 Å². The van der Waals surface area contributed by atoms with E-state index in [4.69, 9.17) is 10.5 Å². The molecular formula is C15H20FN9O. The van der Waals surface area contributed by atoms with E-state index in [1.54, 1.807) is 40.6 Å². The molecule has 1 saturated heterocycles. The normalized spacial score (nSPS) is 20.1. The Balaban J connectivity index is 1.78.